The van der Waals surface area contributed by atoms with Crippen molar-refractivity contribution in [3.8, 4) is 23.7 Å². The molecule has 9 aromatic rings. The van der Waals surface area contributed by atoms with E-state index in [9.17, 15) is 0 Å². The molecule has 9 aromatic carbocycles. The molecule has 0 atom stereocenters. The third-order valence-electron chi connectivity index (χ3n) is 9.04. The van der Waals surface area contributed by atoms with Gasteiger partial charge in [-0.1, -0.05) is 121 Å². The molecule has 0 spiro atoms. The van der Waals surface area contributed by atoms with Gasteiger partial charge in [0.15, 0.2) is 0 Å². The summed E-state index contributed by atoms with van der Waals surface area (Å²) in [5.74, 6) is 14.1. The molecule has 0 radical (unpaired) electrons. The van der Waals surface area contributed by atoms with Gasteiger partial charge in [-0.2, -0.15) is 0 Å². The van der Waals surface area contributed by atoms with Crippen molar-refractivity contribution >= 4 is 64.6 Å². The van der Waals surface area contributed by atoms with Crippen molar-refractivity contribution in [1.29, 1.82) is 0 Å². The summed E-state index contributed by atoms with van der Waals surface area (Å²) < 4.78 is 0. The second kappa shape index (κ2) is 10.7. The molecule has 0 nitrogen and oxygen atoms in total. The minimum absolute atomic E-state index is 1.01. The molecule has 210 valence electrons. The standard InChI is InChI=1S/C46H26/c1-3-11-37-28-43-31(13-5-17-39(43)25-35(37)9-1)21-23-33-15-7-19-41-27-42-20-8-16-34(46(42)30-45(33)41)24-22-32-14-6-18-40-26-36-10-2-4-12-38(36)29-44(32)40/h1-20,25-30H. The van der Waals surface area contributed by atoms with Gasteiger partial charge in [-0.15, -0.1) is 0 Å². The highest BCUT2D eigenvalue weighted by atomic mass is 14.1. The molecule has 0 aliphatic rings. The predicted octanol–water partition coefficient (Wildman–Crippen LogP) is 11.4. The lowest BCUT2D eigenvalue weighted by Gasteiger charge is -2.07. The van der Waals surface area contributed by atoms with Crippen LogP contribution in [0.2, 0.25) is 0 Å². The van der Waals surface area contributed by atoms with Gasteiger partial charge in [-0.3, -0.25) is 0 Å². The average Bonchev–Trinajstić information content (AvgIpc) is 3.10. The zero-order chi connectivity index (χ0) is 30.5. The maximum atomic E-state index is 3.53. The highest BCUT2D eigenvalue weighted by Crippen LogP contribution is 2.30. The lowest BCUT2D eigenvalue weighted by Crippen LogP contribution is -1.86. The third-order valence-corrected chi connectivity index (χ3v) is 9.04. The number of rotatable bonds is 0. The molecule has 0 heterocycles. The first kappa shape index (κ1) is 26.1. The fourth-order valence-electron chi connectivity index (χ4n) is 6.69. The molecule has 0 aromatic heterocycles. The van der Waals surface area contributed by atoms with Gasteiger partial charge in [0.1, 0.15) is 0 Å². The Morgan fingerprint density at radius 3 is 0.826 bits per heavy atom. The summed E-state index contributed by atoms with van der Waals surface area (Å²) in [7, 11) is 0. The first-order chi connectivity index (χ1) is 22.8. The highest BCUT2D eigenvalue weighted by Gasteiger charge is 2.07. The number of fused-ring (bicyclic) bond motifs is 6. The van der Waals surface area contributed by atoms with Gasteiger partial charge in [0.2, 0.25) is 0 Å². The van der Waals surface area contributed by atoms with E-state index in [2.05, 4.69) is 181 Å². The lowest BCUT2D eigenvalue weighted by atomic mass is 9.96. The van der Waals surface area contributed by atoms with Gasteiger partial charge in [0.25, 0.3) is 0 Å². The smallest absolute Gasteiger partial charge is 0.0327 e. The first-order valence-electron chi connectivity index (χ1n) is 15.6. The van der Waals surface area contributed by atoms with Gasteiger partial charge >= 0.3 is 0 Å². The second-order valence-corrected chi connectivity index (χ2v) is 11.9. The SMILES string of the molecule is C(#Cc1cccc2cc3cccc(C#Cc4cccc5cc6ccccc6cc45)c3cc12)c1cccc2cc3ccccc3cc12. The Hall–Kier alpha value is -6.34. The zero-order valence-electron chi connectivity index (χ0n) is 25.0. The molecule has 0 heteroatoms. The average molecular weight is 579 g/mol. The molecule has 9 rings (SSSR count). The molecule has 0 amide bonds. The Balaban J connectivity index is 1.16. The summed E-state index contributed by atoms with van der Waals surface area (Å²) in [6, 6.07) is 56.1. The van der Waals surface area contributed by atoms with E-state index in [0.717, 1.165) is 33.0 Å². The predicted molar refractivity (Wildman–Crippen MR) is 196 cm³/mol. The van der Waals surface area contributed by atoms with Crippen molar-refractivity contribution in [3.63, 3.8) is 0 Å². The van der Waals surface area contributed by atoms with Crippen molar-refractivity contribution in [2.75, 3.05) is 0 Å². The third kappa shape index (κ3) is 4.53. The Kier molecular flexibility index (Phi) is 6.06. The summed E-state index contributed by atoms with van der Waals surface area (Å²) in [6.45, 7) is 0. The van der Waals surface area contributed by atoms with E-state index < -0.39 is 0 Å². The summed E-state index contributed by atoms with van der Waals surface area (Å²) in [5, 5.41) is 14.3. The lowest BCUT2D eigenvalue weighted by molar-refractivity contribution is 1.68. The van der Waals surface area contributed by atoms with Crippen molar-refractivity contribution in [3.05, 3.63) is 180 Å². The van der Waals surface area contributed by atoms with Crippen molar-refractivity contribution in [2.45, 2.75) is 0 Å². The van der Waals surface area contributed by atoms with E-state index in [4.69, 9.17) is 0 Å². The normalized spacial score (nSPS) is 11.1. The molecule has 0 saturated carbocycles. The van der Waals surface area contributed by atoms with Crippen LogP contribution in [-0.2, 0) is 0 Å². The second-order valence-electron chi connectivity index (χ2n) is 11.9. The van der Waals surface area contributed by atoms with E-state index in [1.165, 1.54) is 53.9 Å². The minimum atomic E-state index is 1.01. The van der Waals surface area contributed by atoms with Crippen LogP contribution in [0.15, 0.2) is 158 Å². The van der Waals surface area contributed by atoms with E-state index in [0.29, 0.717) is 0 Å². The van der Waals surface area contributed by atoms with Crippen LogP contribution in [0.25, 0.3) is 64.6 Å². The van der Waals surface area contributed by atoms with Gasteiger partial charge in [0.05, 0.1) is 0 Å². The van der Waals surface area contributed by atoms with Crippen molar-refractivity contribution in [2.24, 2.45) is 0 Å². The van der Waals surface area contributed by atoms with Gasteiger partial charge in [0, 0.05) is 22.3 Å². The Morgan fingerprint density at radius 1 is 0.217 bits per heavy atom. The highest BCUT2D eigenvalue weighted by molar-refractivity contribution is 6.04. The molecule has 0 saturated heterocycles. The topological polar surface area (TPSA) is 0 Å². The summed E-state index contributed by atoms with van der Waals surface area (Å²) in [6.07, 6.45) is 0. The van der Waals surface area contributed by atoms with Crippen LogP contribution in [0.1, 0.15) is 22.3 Å². The van der Waals surface area contributed by atoms with Gasteiger partial charge < -0.3 is 0 Å². The minimum Gasteiger partial charge on any atom is -0.0616 e. The van der Waals surface area contributed by atoms with E-state index >= 15 is 0 Å². The largest absolute Gasteiger partial charge is 0.0616 e. The van der Waals surface area contributed by atoms with E-state index in [1.54, 1.807) is 0 Å². The van der Waals surface area contributed by atoms with Crippen LogP contribution in [0, 0.1) is 23.7 Å². The number of hydrogen-bond acceptors (Lipinski definition) is 0. The molecule has 0 aliphatic heterocycles. The van der Waals surface area contributed by atoms with Gasteiger partial charge in [-0.25, -0.2) is 0 Å². The fraction of sp³-hybridized carbons (Fsp3) is 0. The maximum absolute atomic E-state index is 3.53. The molecule has 0 fully saturated rings. The van der Waals surface area contributed by atoms with E-state index in [1.807, 2.05) is 0 Å². The van der Waals surface area contributed by atoms with Crippen LogP contribution in [0.3, 0.4) is 0 Å². The van der Waals surface area contributed by atoms with Crippen LogP contribution in [0.5, 0.6) is 0 Å². The maximum Gasteiger partial charge on any atom is 0.0327 e. The van der Waals surface area contributed by atoms with Crippen molar-refractivity contribution in [1.82, 2.24) is 0 Å². The molecule has 0 aliphatic carbocycles. The van der Waals surface area contributed by atoms with E-state index in [-0.39, 0.29) is 0 Å². The molecular weight excluding hydrogens is 553 g/mol. The summed E-state index contributed by atoms with van der Waals surface area (Å²) >= 11 is 0. The molecule has 0 unspecified atom stereocenters. The number of hydrogen-bond donors (Lipinski definition) is 0. The molecular formula is C46H26. The van der Waals surface area contributed by atoms with Crippen LogP contribution >= 0.6 is 0 Å². The number of benzene rings is 9. The Morgan fingerprint density at radius 2 is 0.478 bits per heavy atom. The molecule has 0 N–H and O–H groups in total. The summed E-state index contributed by atoms with van der Waals surface area (Å²) in [4.78, 5) is 0. The monoisotopic (exact) mass is 578 g/mol. The Bertz CT molecular complexity index is 2620. The van der Waals surface area contributed by atoms with Gasteiger partial charge in [-0.05, 0) is 125 Å². The summed E-state index contributed by atoms with van der Waals surface area (Å²) in [5.41, 5.74) is 4.10. The molecule has 46 heavy (non-hydrogen) atoms. The van der Waals surface area contributed by atoms with Crippen LogP contribution in [-0.4, -0.2) is 0 Å². The first-order valence-corrected chi connectivity index (χ1v) is 15.6. The van der Waals surface area contributed by atoms with Crippen molar-refractivity contribution < 1.29 is 0 Å². The molecule has 0 bridgehead atoms. The Labute approximate surface area is 267 Å². The quantitative estimate of drug-likeness (QED) is 0.124. The van der Waals surface area contributed by atoms with Crippen LogP contribution in [0.4, 0.5) is 0 Å². The zero-order valence-corrected chi connectivity index (χ0v) is 25.0. The van der Waals surface area contributed by atoms with Crippen LogP contribution < -0.4 is 0 Å². The fourth-order valence-corrected chi connectivity index (χ4v) is 6.69.